The Bertz CT molecular complexity index is 1250. The first-order valence-electron chi connectivity index (χ1n) is 13.5. The van der Waals surface area contributed by atoms with Crippen LogP contribution in [0.5, 0.6) is 0 Å². The number of piperidine rings is 1. The molecule has 1 aromatic heterocycles. The first-order chi connectivity index (χ1) is 19.7. The van der Waals surface area contributed by atoms with E-state index in [0.717, 1.165) is 17.8 Å². The summed E-state index contributed by atoms with van der Waals surface area (Å²) in [6.07, 6.45) is -1.54. The zero-order valence-electron chi connectivity index (χ0n) is 22.3. The van der Waals surface area contributed by atoms with Crippen molar-refractivity contribution in [1.29, 1.82) is 0 Å². The monoisotopic (exact) mass is 583 g/mol. The number of likely N-dealkylation sites (tertiary alicyclic amines) is 1. The van der Waals surface area contributed by atoms with E-state index in [2.05, 4.69) is 15.5 Å². The van der Waals surface area contributed by atoms with Gasteiger partial charge in [0.2, 0.25) is 0 Å². The zero-order valence-corrected chi connectivity index (χ0v) is 22.3. The van der Waals surface area contributed by atoms with Gasteiger partial charge >= 0.3 is 6.09 Å². The highest BCUT2D eigenvalue weighted by molar-refractivity contribution is 5.88. The third kappa shape index (κ3) is 6.03. The standard InChI is InChI=1S/C26H32F3N5O7/c1-2-39-25-20(10-15-9-18(31-41-15)13-3-5-33(6-4-13)26(37)38)40-21(12-35)24(36)23(25)34-11-19(30-32-34)14-7-16(27)22(29)17(28)8-14/h7-8,11,13,15,20-21,23-25,35-36H,2-6,9-10,12H2,1H3,(H,37,38)/t15?,20-,21-,23+,24+,25+/m1/s1. The first-order valence-corrected chi connectivity index (χ1v) is 13.5. The first kappa shape index (κ1) is 29.2. The molecule has 0 bridgehead atoms. The van der Waals surface area contributed by atoms with Crippen LogP contribution in [0.3, 0.4) is 0 Å². The molecule has 1 aromatic carbocycles. The van der Waals surface area contributed by atoms with Gasteiger partial charge in [0.1, 0.15) is 36.2 Å². The Labute approximate surface area is 233 Å². The molecule has 0 radical (unpaired) electrons. The predicted octanol–water partition coefficient (Wildman–Crippen LogP) is 2.35. The highest BCUT2D eigenvalue weighted by Gasteiger charge is 2.48. The molecule has 3 aliphatic heterocycles. The second kappa shape index (κ2) is 12.3. The van der Waals surface area contributed by atoms with Gasteiger partial charge in [-0.15, -0.1) is 5.10 Å². The lowest BCUT2D eigenvalue weighted by Crippen LogP contribution is -2.57. The Balaban J connectivity index is 1.32. The zero-order chi connectivity index (χ0) is 29.3. The lowest BCUT2D eigenvalue weighted by Gasteiger charge is -2.44. The lowest BCUT2D eigenvalue weighted by molar-refractivity contribution is -0.224. The summed E-state index contributed by atoms with van der Waals surface area (Å²) >= 11 is 0. The Morgan fingerprint density at radius 1 is 1.17 bits per heavy atom. The van der Waals surface area contributed by atoms with E-state index in [9.17, 15) is 33.3 Å². The van der Waals surface area contributed by atoms with E-state index in [1.807, 2.05) is 0 Å². The van der Waals surface area contributed by atoms with E-state index >= 15 is 0 Å². The molecule has 12 nitrogen and oxygen atoms in total. The number of ether oxygens (including phenoxy) is 2. The van der Waals surface area contributed by atoms with Crippen LogP contribution < -0.4 is 0 Å². The molecule has 15 heteroatoms. The fraction of sp³-hybridized carbons (Fsp3) is 0.615. The van der Waals surface area contributed by atoms with Crippen molar-refractivity contribution in [2.45, 2.75) is 69.2 Å². The summed E-state index contributed by atoms with van der Waals surface area (Å²) < 4.78 is 54.5. The van der Waals surface area contributed by atoms with Gasteiger partial charge in [-0.25, -0.2) is 22.6 Å². The van der Waals surface area contributed by atoms with Crippen LogP contribution in [0, 0.1) is 23.4 Å². The summed E-state index contributed by atoms with van der Waals surface area (Å²) in [5.74, 6) is -4.24. The molecule has 1 unspecified atom stereocenters. The van der Waals surface area contributed by atoms with E-state index < -0.39 is 60.6 Å². The number of hydrogen-bond acceptors (Lipinski definition) is 9. The van der Waals surface area contributed by atoms with Gasteiger partial charge in [0.15, 0.2) is 17.5 Å². The molecule has 2 saturated heterocycles. The smallest absolute Gasteiger partial charge is 0.407 e. The Morgan fingerprint density at radius 2 is 1.88 bits per heavy atom. The minimum atomic E-state index is -1.60. The van der Waals surface area contributed by atoms with Crippen LogP contribution in [-0.4, -0.2) is 104 Å². The summed E-state index contributed by atoms with van der Waals surface area (Å²) in [5, 5.41) is 42.6. The molecule has 3 N–H and O–H groups in total. The van der Waals surface area contributed by atoms with Crippen molar-refractivity contribution in [3.8, 4) is 11.3 Å². The van der Waals surface area contributed by atoms with Crippen molar-refractivity contribution in [3.05, 3.63) is 35.8 Å². The lowest BCUT2D eigenvalue weighted by atomic mass is 9.86. The molecule has 4 heterocycles. The molecule has 41 heavy (non-hydrogen) atoms. The molecular weight excluding hydrogens is 551 g/mol. The van der Waals surface area contributed by atoms with Crippen molar-refractivity contribution in [3.63, 3.8) is 0 Å². The molecule has 2 aromatic rings. The Morgan fingerprint density at radius 3 is 2.51 bits per heavy atom. The number of aliphatic hydroxyl groups excluding tert-OH is 2. The largest absolute Gasteiger partial charge is 0.465 e. The number of carboxylic acid groups (broad SMARTS) is 1. The molecule has 2 fully saturated rings. The number of oxime groups is 1. The van der Waals surface area contributed by atoms with Crippen LogP contribution in [0.1, 0.15) is 38.6 Å². The fourth-order valence-corrected chi connectivity index (χ4v) is 5.80. The molecule has 6 atom stereocenters. The van der Waals surface area contributed by atoms with E-state index in [4.69, 9.17) is 14.3 Å². The van der Waals surface area contributed by atoms with Gasteiger partial charge in [-0.05, 0) is 31.9 Å². The van der Waals surface area contributed by atoms with Gasteiger partial charge in [0, 0.05) is 44.0 Å². The Hall–Kier alpha value is -3.27. The normalized spacial score (nSPS) is 28.9. The number of nitrogens with zero attached hydrogens (tertiary/aromatic N) is 5. The second-order valence-corrected chi connectivity index (χ2v) is 10.4. The molecule has 5 rings (SSSR count). The number of benzene rings is 1. The topological polar surface area (TPSA) is 152 Å². The Kier molecular flexibility index (Phi) is 8.77. The van der Waals surface area contributed by atoms with Crippen LogP contribution in [0.4, 0.5) is 18.0 Å². The summed E-state index contributed by atoms with van der Waals surface area (Å²) in [6.45, 7) is 2.38. The third-order valence-electron chi connectivity index (χ3n) is 7.91. The molecule has 1 amide bonds. The summed E-state index contributed by atoms with van der Waals surface area (Å²) in [5.41, 5.74) is 0.856. The van der Waals surface area contributed by atoms with E-state index in [1.165, 1.54) is 15.8 Å². The summed E-state index contributed by atoms with van der Waals surface area (Å²) in [6, 6.07) is 0.699. The minimum absolute atomic E-state index is 0.0416. The van der Waals surface area contributed by atoms with E-state index in [1.54, 1.807) is 6.92 Å². The van der Waals surface area contributed by atoms with Crippen LogP contribution in [0.2, 0.25) is 0 Å². The van der Waals surface area contributed by atoms with Crippen molar-refractivity contribution in [2.75, 3.05) is 26.3 Å². The average Bonchev–Trinajstić information content (AvgIpc) is 3.63. The van der Waals surface area contributed by atoms with Crippen LogP contribution in [0.15, 0.2) is 23.5 Å². The number of aromatic nitrogens is 3. The third-order valence-corrected chi connectivity index (χ3v) is 7.91. The van der Waals surface area contributed by atoms with Gasteiger partial charge in [-0.3, -0.25) is 0 Å². The summed E-state index contributed by atoms with van der Waals surface area (Å²) in [4.78, 5) is 18.3. The summed E-state index contributed by atoms with van der Waals surface area (Å²) in [7, 11) is 0. The second-order valence-electron chi connectivity index (χ2n) is 10.4. The van der Waals surface area contributed by atoms with Gasteiger partial charge in [0.05, 0.1) is 24.6 Å². The molecule has 224 valence electrons. The maximum absolute atomic E-state index is 13.8. The van der Waals surface area contributed by atoms with E-state index in [0.29, 0.717) is 38.8 Å². The molecule has 0 saturated carbocycles. The van der Waals surface area contributed by atoms with Crippen molar-refractivity contribution < 1.29 is 47.6 Å². The highest BCUT2D eigenvalue weighted by atomic mass is 19.2. The minimum Gasteiger partial charge on any atom is -0.465 e. The number of amides is 1. The predicted molar refractivity (Wildman–Crippen MR) is 135 cm³/mol. The number of carbonyl (C=O) groups is 1. The molecule has 0 aliphatic carbocycles. The van der Waals surface area contributed by atoms with Crippen LogP contribution >= 0.6 is 0 Å². The van der Waals surface area contributed by atoms with Gasteiger partial charge in [-0.1, -0.05) is 10.4 Å². The van der Waals surface area contributed by atoms with Crippen molar-refractivity contribution >= 4 is 11.8 Å². The molecule has 3 aliphatic rings. The number of halogens is 3. The quantitative estimate of drug-likeness (QED) is 0.398. The van der Waals surface area contributed by atoms with Gasteiger partial charge < -0.3 is 34.5 Å². The maximum atomic E-state index is 13.8. The highest BCUT2D eigenvalue weighted by Crippen LogP contribution is 2.37. The van der Waals surface area contributed by atoms with E-state index in [-0.39, 0.29) is 29.9 Å². The van der Waals surface area contributed by atoms with Gasteiger partial charge in [0.25, 0.3) is 0 Å². The average molecular weight is 584 g/mol. The number of aliphatic hydroxyl groups is 2. The van der Waals surface area contributed by atoms with Crippen molar-refractivity contribution in [1.82, 2.24) is 19.9 Å². The van der Waals surface area contributed by atoms with Crippen molar-refractivity contribution in [2.24, 2.45) is 11.1 Å². The number of hydrogen-bond donors (Lipinski definition) is 3. The van der Waals surface area contributed by atoms with Crippen LogP contribution in [-0.2, 0) is 14.3 Å². The van der Waals surface area contributed by atoms with Crippen LogP contribution in [0.25, 0.3) is 11.3 Å². The number of rotatable bonds is 8. The maximum Gasteiger partial charge on any atom is 0.407 e. The van der Waals surface area contributed by atoms with Gasteiger partial charge in [-0.2, -0.15) is 0 Å². The molecular formula is C26H32F3N5O7. The SMILES string of the molecule is CCO[C@@H]1[C@@H](n2cc(-c3cc(F)c(F)c(F)c3)nn2)[C@@H](O)[C@@H](CO)O[C@@H]1CC1CC(C2CCN(C(=O)O)CC2)=NO1. The fourth-order valence-electron chi connectivity index (χ4n) is 5.80. The molecule has 0 spiro atoms.